The molecule has 2 atom stereocenters. The highest BCUT2D eigenvalue weighted by Gasteiger charge is 2.47. The Bertz CT molecular complexity index is 439. The maximum absolute atomic E-state index is 14.5. The third-order valence-corrected chi connectivity index (χ3v) is 3.60. The van der Waals surface area contributed by atoms with E-state index in [1.807, 2.05) is 0 Å². The van der Waals surface area contributed by atoms with Gasteiger partial charge in [-0.3, -0.25) is 0 Å². The largest absolute Gasteiger partial charge is 0.381 e. The van der Waals surface area contributed by atoms with E-state index in [1.165, 1.54) is 7.11 Å². The van der Waals surface area contributed by atoms with Gasteiger partial charge in [0, 0.05) is 19.3 Å². The Balaban J connectivity index is 2.33. The van der Waals surface area contributed by atoms with Crippen molar-refractivity contribution in [1.82, 2.24) is 4.98 Å². The van der Waals surface area contributed by atoms with Crippen LogP contribution in [-0.2, 0) is 15.4 Å². The van der Waals surface area contributed by atoms with Crippen LogP contribution in [0.1, 0.15) is 12.0 Å². The molecule has 0 aromatic carbocycles. The summed E-state index contributed by atoms with van der Waals surface area (Å²) in [5.41, 5.74) is -0.268. The van der Waals surface area contributed by atoms with E-state index in [4.69, 9.17) is 32.7 Å². The van der Waals surface area contributed by atoms with Gasteiger partial charge in [-0.1, -0.05) is 23.2 Å². The normalized spacial score (nSPS) is 24.5. The summed E-state index contributed by atoms with van der Waals surface area (Å²) in [4.78, 5) is 3.67. The van der Waals surface area contributed by atoms with Gasteiger partial charge in [-0.15, -0.1) is 0 Å². The number of methoxy groups -OCH3 is 1. The zero-order valence-electron chi connectivity index (χ0n) is 10.2. The van der Waals surface area contributed by atoms with Crippen LogP contribution in [0.4, 0.5) is 8.78 Å². The quantitative estimate of drug-likeness (QED) is 0.800. The first-order chi connectivity index (χ1) is 8.95. The Kier molecular flexibility index (Phi) is 4.61. The molecule has 0 N–H and O–H groups in total. The van der Waals surface area contributed by atoms with Crippen molar-refractivity contribution in [1.29, 1.82) is 0 Å². The van der Waals surface area contributed by atoms with Gasteiger partial charge in [0.05, 0.1) is 18.6 Å². The second kappa shape index (κ2) is 5.87. The van der Waals surface area contributed by atoms with Crippen LogP contribution >= 0.6 is 23.2 Å². The van der Waals surface area contributed by atoms with Crippen LogP contribution in [0.3, 0.4) is 0 Å². The highest BCUT2D eigenvalue weighted by atomic mass is 35.5. The van der Waals surface area contributed by atoms with Crippen molar-refractivity contribution in [3.05, 3.63) is 28.0 Å². The predicted molar refractivity (Wildman–Crippen MR) is 67.9 cm³/mol. The van der Waals surface area contributed by atoms with Crippen LogP contribution in [0, 0.1) is 5.92 Å². The molecule has 0 aliphatic carbocycles. The van der Waals surface area contributed by atoms with Crippen LogP contribution in [0.25, 0.3) is 0 Å². The summed E-state index contributed by atoms with van der Waals surface area (Å²) in [6.45, 7) is 0.353. The monoisotopic (exact) mass is 311 g/mol. The van der Waals surface area contributed by atoms with Crippen molar-refractivity contribution in [2.75, 3.05) is 20.3 Å². The molecule has 2 unspecified atom stereocenters. The first-order valence-corrected chi connectivity index (χ1v) is 6.52. The van der Waals surface area contributed by atoms with Crippen molar-refractivity contribution < 1.29 is 18.3 Å². The van der Waals surface area contributed by atoms with E-state index >= 15 is 0 Å². The highest BCUT2D eigenvalue weighted by Crippen LogP contribution is 2.42. The number of nitrogens with zero attached hydrogens (tertiary/aromatic N) is 1. The van der Waals surface area contributed by atoms with E-state index in [2.05, 4.69) is 4.98 Å². The molecular formula is C12H13Cl2F2NO2. The van der Waals surface area contributed by atoms with Gasteiger partial charge in [-0.2, -0.15) is 0 Å². The third kappa shape index (κ3) is 3.16. The fourth-order valence-corrected chi connectivity index (χ4v) is 2.67. The summed E-state index contributed by atoms with van der Waals surface area (Å²) in [6.07, 6.45) is -0.127. The molecule has 1 aliphatic heterocycles. The van der Waals surface area contributed by atoms with Gasteiger partial charge in [0.2, 0.25) is 0 Å². The molecule has 2 heterocycles. The minimum absolute atomic E-state index is 0.0622. The Morgan fingerprint density at radius 1 is 1.37 bits per heavy atom. The lowest BCUT2D eigenvalue weighted by molar-refractivity contribution is -0.169. The topological polar surface area (TPSA) is 31.4 Å². The molecule has 0 saturated carbocycles. The van der Waals surface area contributed by atoms with Crippen LogP contribution < -0.4 is 0 Å². The third-order valence-electron chi connectivity index (χ3n) is 3.21. The molecular weight excluding hydrogens is 299 g/mol. The summed E-state index contributed by atoms with van der Waals surface area (Å²) in [7, 11) is 1.42. The second-order valence-electron chi connectivity index (χ2n) is 4.37. The molecule has 1 aromatic rings. The zero-order valence-corrected chi connectivity index (χ0v) is 11.7. The number of rotatable bonds is 3. The number of alkyl halides is 2. The average Bonchev–Trinajstić information content (AvgIpc) is 2.37. The van der Waals surface area contributed by atoms with Crippen molar-refractivity contribution >= 4 is 23.2 Å². The summed E-state index contributed by atoms with van der Waals surface area (Å²) in [6, 6.07) is 2.24. The smallest absolute Gasteiger partial charge is 0.280 e. The van der Waals surface area contributed by atoms with Crippen LogP contribution in [0.15, 0.2) is 12.1 Å². The van der Waals surface area contributed by atoms with E-state index in [-0.39, 0.29) is 22.5 Å². The fourth-order valence-electron chi connectivity index (χ4n) is 2.21. The number of aromatic nitrogens is 1. The lowest BCUT2D eigenvalue weighted by Crippen LogP contribution is -2.43. The van der Waals surface area contributed by atoms with E-state index in [0.717, 1.165) is 12.1 Å². The lowest BCUT2D eigenvalue weighted by atomic mass is 9.88. The molecule has 1 aromatic heterocycles. The number of hydrogen-bond acceptors (Lipinski definition) is 3. The molecule has 106 valence electrons. The lowest BCUT2D eigenvalue weighted by Gasteiger charge is -2.36. The van der Waals surface area contributed by atoms with Crippen LogP contribution in [0.2, 0.25) is 10.3 Å². The Hall–Kier alpha value is -0.490. The molecule has 2 rings (SSSR count). The second-order valence-corrected chi connectivity index (χ2v) is 5.14. The molecule has 0 spiro atoms. The molecule has 1 saturated heterocycles. The van der Waals surface area contributed by atoms with Gasteiger partial charge in [-0.05, 0) is 18.6 Å². The van der Waals surface area contributed by atoms with E-state index in [0.29, 0.717) is 13.0 Å². The Morgan fingerprint density at radius 2 is 2.00 bits per heavy atom. The molecule has 0 amide bonds. The summed E-state index contributed by atoms with van der Waals surface area (Å²) in [5, 5.41) is -0.124. The molecule has 3 nitrogen and oxygen atoms in total. The van der Waals surface area contributed by atoms with E-state index in [9.17, 15) is 8.78 Å². The molecule has 1 aliphatic rings. The number of halogens is 4. The van der Waals surface area contributed by atoms with Gasteiger partial charge in [0.1, 0.15) is 10.3 Å². The van der Waals surface area contributed by atoms with E-state index < -0.39 is 17.9 Å². The minimum atomic E-state index is -3.14. The maximum Gasteiger partial charge on any atom is 0.280 e. The number of ether oxygens (including phenoxy) is 2. The number of pyridine rings is 1. The molecule has 0 bridgehead atoms. The SMILES string of the molecule is COC1CCOCC1C(F)(F)c1cc(Cl)nc(Cl)c1. The Morgan fingerprint density at radius 3 is 2.58 bits per heavy atom. The van der Waals surface area contributed by atoms with Crippen molar-refractivity contribution in [2.24, 2.45) is 5.92 Å². The van der Waals surface area contributed by atoms with Gasteiger partial charge >= 0.3 is 0 Å². The molecule has 0 radical (unpaired) electrons. The maximum atomic E-state index is 14.5. The Labute approximate surface area is 119 Å². The predicted octanol–water partition coefficient (Wildman–Crippen LogP) is 3.53. The van der Waals surface area contributed by atoms with Crippen molar-refractivity contribution in [3.63, 3.8) is 0 Å². The standard InChI is InChI=1S/C12H13Cl2F2NO2/c1-18-9-2-3-19-6-8(9)12(15,16)7-4-10(13)17-11(14)5-7/h4-5,8-9H,2-3,6H2,1H3. The van der Waals surface area contributed by atoms with Gasteiger partial charge in [0.25, 0.3) is 5.92 Å². The molecule has 19 heavy (non-hydrogen) atoms. The van der Waals surface area contributed by atoms with Crippen molar-refractivity contribution in [3.8, 4) is 0 Å². The first kappa shape index (κ1) is 14.9. The summed E-state index contributed by atoms with van der Waals surface area (Å²) in [5.74, 6) is -4.21. The average molecular weight is 312 g/mol. The summed E-state index contributed by atoms with van der Waals surface area (Å²) >= 11 is 11.3. The van der Waals surface area contributed by atoms with Crippen molar-refractivity contribution in [2.45, 2.75) is 18.4 Å². The zero-order chi connectivity index (χ0) is 14.0. The summed E-state index contributed by atoms with van der Waals surface area (Å²) < 4.78 is 39.3. The number of hydrogen-bond donors (Lipinski definition) is 0. The van der Waals surface area contributed by atoms with E-state index in [1.54, 1.807) is 0 Å². The van der Waals surface area contributed by atoms with Gasteiger partial charge in [-0.25, -0.2) is 13.8 Å². The minimum Gasteiger partial charge on any atom is -0.381 e. The van der Waals surface area contributed by atoms with Crippen LogP contribution in [-0.4, -0.2) is 31.4 Å². The molecule has 1 fully saturated rings. The highest BCUT2D eigenvalue weighted by molar-refractivity contribution is 6.32. The fraction of sp³-hybridized carbons (Fsp3) is 0.583. The molecule has 7 heteroatoms. The first-order valence-electron chi connectivity index (χ1n) is 5.77. The van der Waals surface area contributed by atoms with Gasteiger partial charge < -0.3 is 9.47 Å². The van der Waals surface area contributed by atoms with Gasteiger partial charge in [0.15, 0.2) is 0 Å². The van der Waals surface area contributed by atoms with Crippen LogP contribution in [0.5, 0.6) is 0 Å².